The van der Waals surface area contributed by atoms with E-state index in [0.29, 0.717) is 23.5 Å². The van der Waals surface area contributed by atoms with Crippen molar-refractivity contribution in [2.75, 3.05) is 25.7 Å². The first-order valence-corrected chi connectivity index (χ1v) is 7.53. The molecule has 2 amide bonds. The van der Waals surface area contributed by atoms with Crippen LogP contribution in [-0.2, 0) is 11.3 Å². The SMILES string of the molecule is COc1cccc(CNC(=O)c2ccc3c(c2)N(C)C(=O)CO3)c1. The van der Waals surface area contributed by atoms with Gasteiger partial charge in [0.25, 0.3) is 11.8 Å². The number of methoxy groups -OCH3 is 1. The Morgan fingerprint density at radius 3 is 2.92 bits per heavy atom. The Kier molecular flexibility index (Phi) is 4.37. The number of ether oxygens (including phenoxy) is 2. The molecule has 0 unspecified atom stereocenters. The van der Waals surface area contributed by atoms with Crippen LogP contribution in [0.25, 0.3) is 0 Å². The Hall–Kier alpha value is -3.02. The van der Waals surface area contributed by atoms with Crippen molar-refractivity contribution in [1.29, 1.82) is 0 Å². The lowest BCUT2D eigenvalue weighted by molar-refractivity contribution is -0.120. The van der Waals surface area contributed by atoms with Gasteiger partial charge >= 0.3 is 0 Å². The fraction of sp³-hybridized carbons (Fsp3) is 0.222. The molecule has 124 valence electrons. The number of fused-ring (bicyclic) bond motifs is 1. The lowest BCUT2D eigenvalue weighted by atomic mass is 10.1. The summed E-state index contributed by atoms with van der Waals surface area (Å²) in [5.74, 6) is 0.984. The van der Waals surface area contributed by atoms with Gasteiger partial charge in [-0.3, -0.25) is 9.59 Å². The number of amides is 2. The van der Waals surface area contributed by atoms with Crippen molar-refractivity contribution in [2.24, 2.45) is 0 Å². The average Bonchev–Trinajstić information content (AvgIpc) is 2.62. The predicted molar refractivity (Wildman–Crippen MR) is 89.5 cm³/mol. The summed E-state index contributed by atoms with van der Waals surface area (Å²) in [5, 5.41) is 2.86. The van der Waals surface area contributed by atoms with Gasteiger partial charge in [0.2, 0.25) is 0 Å². The molecule has 1 aliphatic rings. The highest BCUT2D eigenvalue weighted by Crippen LogP contribution is 2.31. The van der Waals surface area contributed by atoms with Crippen LogP contribution in [0.4, 0.5) is 5.69 Å². The second-order valence-electron chi connectivity index (χ2n) is 5.46. The molecule has 0 spiro atoms. The third-order valence-corrected chi connectivity index (χ3v) is 3.89. The molecule has 0 radical (unpaired) electrons. The predicted octanol–water partition coefficient (Wildman–Crippen LogP) is 1.98. The van der Waals surface area contributed by atoms with E-state index in [1.54, 1.807) is 32.4 Å². The Morgan fingerprint density at radius 1 is 1.29 bits per heavy atom. The summed E-state index contributed by atoms with van der Waals surface area (Å²) >= 11 is 0. The summed E-state index contributed by atoms with van der Waals surface area (Å²) in [6, 6.07) is 12.6. The molecule has 1 heterocycles. The van der Waals surface area contributed by atoms with Gasteiger partial charge in [0.05, 0.1) is 12.8 Å². The molecule has 0 bridgehead atoms. The molecule has 0 fully saturated rings. The van der Waals surface area contributed by atoms with Crippen LogP contribution in [0.5, 0.6) is 11.5 Å². The second kappa shape index (κ2) is 6.62. The van der Waals surface area contributed by atoms with Crippen LogP contribution in [0.2, 0.25) is 0 Å². The zero-order valence-electron chi connectivity index (χ0n) is 13.5. The molecule has 0 saturated heterocycles. The van der Waals surface area contributed by atoms with E-state index in [4.69, 9.17) is 9.47 Å². The topological polar surface area (TPSA) is 67.9 Å². The number of likely N-dealkylation sites (N-methyl/N-ethyl adjacent to an activating group) is 1. The quantitative estimate of drug-likeness (QED) is 0.933. The first-order valence-electron chi connectivity index (χ1n) is 7.53. The highest BCUT2D eigenvalue weighted by molar-refractivity contribution is 6.00. The smallest absolute Gasteiger partial charge is 0.264 e. The van der Waals surface area contributed by atoms with E-state index in [-0.39, 0.29) is 18.4 Å². The van der Waals surface area contributed by atoms with Gasteiger partial charge in [0.1, 0.15) is 11.5 Å². The number of anilines is 1. The fourth-order valence-electron chi connectivity index (χ4n) is 2.48. The largest absolute Gasteiger partial charge is 0.497 e. The van der Waals surface area contributed by atoms with Gasteiger partial charge in [-0.15, -0.1) is 0 Å². The molecule has 2 aromatic rings. The van der Waals surface area contributed by atoms with Crippen molar-refractivity contribution >= 4 is 17.5 Å². The van der Waals surface area contributed by atoms with Crippen molar-refractivity contribution < 1.29 is 19.1 Å². The Balaban J connectivity index is 1.72. The summed E-state index contributed by atoms with van der Waals surface area (Å²) in [6.07, 6.45) is 0. The number of nitrogens with zero attached hydrogens (tertiary/aromatic N) is 1. The maximum Gasteiger partial charge on any atom is 0.264 e. The van der Waals surface area contributed by atoms with Gasteiger partial charge in [-0.2, -0.15) is 0 Å². The van der Waals surface area contributed by atoms with Crippen LogP contribution in [0.3, 0.4) is 0 Å². The van der Waals surface area contributed by atoms with Crippen LogP contribution in [0, 0.1) is 0 Å². The van der Waals surface area contributed by atoms with Gasteiger partial charge < -0.3 is 19.7 Å². The minimum Gasteiger partial charge on any atom is -0.497 e. The molecular weight excluding hydrogens is 308 g/mol. The molecule has 0 atom stereocenters. The van der Waals surface area contributed by atoms with Crippen LogP contribution in [0.15, 0.2) is 42.5 Å². The first-order chi connectivity index (χ1) is 11.6. The third-order valence-electron chi connectivity index (χ3n) is 3.89. The molecule has 24 heavy (non-hydrogen) atoms. The van der Waals surface area contributed by atoms with Crippen LogP contribution < -0.4 is 19.7 Å². The van der Waals surface area contributed by atoms with Gasteiger partial charge in [0, 0.05) is 19.2 Å². The summed E-state index contributed by atoms with van der Waals surface area (Å²) in [6.45, 7) is 0.406. The summed E-state index contributed by atoms with van der Waals surface area (Å²) < 4.78 is 10.5. The van der Waals surface area contributed by atoms with Gasteiger partial charge in [0.15, 0.2) is 6.61 Å². The lowest BCUT2D eigenvalue weighted by Crippen LogP contribution is -2.35. The average molecular weight is 326 g/mol. The molecule has 6 nitrogen and oxygen atoms in total. The molecule has 1 aliphatic heterocycles. The van der Waals surface area contributed by atoms with Crippen LogP contribution >= 0.6 is 0 Å². The molecule has 0 saturated carbocycles. The van der Waals surface area contributed by atoms with E-state index in [1.165, 1.54) is 4.90 Å². The zero-order valence-corrected chi connectivity index (χ0v) is 13.5. The first kappa shape index (κ1) is 15.9. The minimum absolute atomic E-state index is 0.0187. The van der Waals surface area contributed by atoms with Crippen molar-refractivity contribution in [3.63, 3.8) is 0 Å². The minimum atomic E-state index is -0.216. The Morgan fingerprint density at radius 2 is 2.12 bits per heavy atom. The van der Waals surface area contributed by atoms with E-state index < -0.39 is 0 Å². The lowest BCUT2D eigenvalue weighted by Gasteiger charge is -2.26. The van der Waals surface area contributed by atoms with Crippen LogP contribution in [-0.4, -0.2) is 32.6 Å². The van der Waals surface area contributed by atoms with Crippen LogP contribution in [0.1, 0.15) is 15.9 Å². The molecule has 6 heteroatoms. The number of benzene rings is 2. The van der Waals surface area contributed by atoms with E-state index >= 15 is 0 Å². The number of carbonyl (C=O) groups is 2. The fourth-order valence-corrected chi connectivity index (χ4v) is 2.48. The van der Waals surface area contributed by atoms with Gasteiger partial charge in [-0.1, -0.05) is 12.1 Å². The maximum absolute atomic E-state index is 12.4. The molecular formula is C18H18N2O4. The third kappa shape index (κ3) is 3.17. The van der Waals surface area contributed by atoms with Crippen molar-refractivity contribution in [2.45, 2.75) is 6.54 Å². The number of hydrogen-bond donors (Lipinski definition) is 1. The van der Waals surface area contributed by atoms with E-state index in [9.17, 15) is 9.59 Å². The number of hydrogen-bond acceptors (Lipinski definition) is 4. The van der Waals surface area contributed by atoms with Gasteiger partial charge in [-0.05, 0) is 35.9 Å². The normalized spacial score (nSPS) is 13.1. The Labute approximate surface area is 140 Å². The summed E-state index contributed by atoms with van der Waals surface area (Å²) in [7, 11) is 3.27. The number of rotatable bonds is 4. The maximum atomic E-state index is 12.4. The van der Waals surface area contributed by atoms with Crippen molar-refractivity contribution in [3.8, 4) is 11.5 Å². The highest BCUT2D eigenvalue weighted by atomic mass is 16.5. The van der Waals surface area contributed by atoms with Crippen molar-refractivity contribution in [1.82, 2.24) is 5.32 Å². The second-order valence-corrected chi connectivity index (χ2v) is 5.46. The number of carbonyl (C=O) groups excluding carboxylic acids is 2. The van der Waals surface area contributed by atoms with E-state index in [0.717, 1.165) is 11.3 Å². The molecule has 0 aromatic heterocycles. The standard InChI is InChI=1S/C18H18N2O4/c1-20-15-9-13(6-7-16(15)24-11-17(20)21)18(22)19-10-12-4-3-5-14(8-12)23-2/h3-9H,10-11H2,1-2H3,(H,19,22). The monoisotopic (exact) mass is 326 g/mol. The molecule has 2 aromatic carbocycles. The molecule has 1 N–H and O–H groups in total. The number of nitrogens with one attached hydrogen (secondary N) is 1. The summed E-state index contributed by atoms with van der Waals surface area (Å²) in [5.41, 5.74) is 2.01. The zero-order chi connectivity index (χ0) is 17.1. The van der Waals surface area contributed by atoms with E-state index in [1.807, 2.05) is 24.3 Å². The Bertz CT molecular complexity index is 788. The molecule has 0 aliphatic carbocycles. The van der Waals surface area contributed by atoms with E-state index in [2.05, 4.69) is 5.32 Å². The van der Waals surface area contributed by atoms with Gasteiger partial charge in [-0.25, -0.2) is 0 Å². The summed E-state index contributed by atoms with van der Waals surface area (Å²) in [4.78, 5) is 25.6. The highest BCUT2D eigenvalue weighted by Gasteiger charge is 2.23. The molecule has 3 rings (SSSR count). The van der Waals surface area contributed by atoms with Crippen molar-refractivity contribution in [3.05, 3.63) is 53.6 Å².